The van der Waals surface area contributed by atoms with E-state index in [4.69, 9.17) is 5.73 Å². The molecule has 0 saturated carbocycles. The SMILES string of the molecule is CC(CN)Nc1ncccc1S(C)(=O)=O. The Morgan fingerprint density at radius 1 is 1.60 bits per heavy atom. The lowest BCUT2D eigenvalue weighted by atomic mass is 10.3. The van der Waals surface area contributed by atoms with Crippen LogP contribution in [0.2, 0.25) is 0 Å². The summed E-state index contributed by atoms with van der Waals surface area (Å²) in [6.07, 6.45) is 2.70. The van der Waals surface area contributed by atoms with E-state index in [1.807, 2.05) is 6.92 Å². The van der Waals surface area contributed by atoms with E-state index >= 15 is 0 Å². The zero-order chi connectivity index (χ0) is 11.5. The minimum Gasteiger partial charge on any atom is -0.365 e. The molecule has 6 heteroatoms. The first-order chi connectivity index (χ1) is 6.95. The van der Waals surface area contributed by atoms with Gasteiger partial charge in [0, 0.05) is 25.0 Å². The van der Waals surface area contributed by atoms with Gasteiger partial charge in [0.2, 0.25) is 0 Å². The number of aromatic nitrogens is 1. The molecule has 0 aliphatic carbocycles. The van der Waals surface area contributed by atoms with Gasteiger partial charge in [-0.15, -0.1) is 0 Å². The predicted octanol–water partition coefficient (Wildman–Crippen LogP) is 0.244. The van der Waals surface area contributed by atoms with Gasteiger partial charge in [0.1, 0.15) is 10.7 Å². The van der Waals surface area contributed by atoms with Gasteiger partial charge in [-0.3, -0.25) is 0 Å². The Bertz CT molecular complexity index is 431. The van der Waals surface area contributed by atoms with Crippen molar-refractivity contribution in [1.29, 1.82) is 0 Å². The quantitative estimate of drug-likeness (QED) is 0.772. The van der Waals surface area contributed by atoms with Crippen LogP contribution in [0.4, 0.5) is 5.82 Å². The number of nitrogens with zero attached hydrogens (tertiary/aromatic N) is 1. The number of pyridine rings is 1. The molecular formula is C9H15N3O2S. The molecular weight excluding hydrogens is 214 g/mol. The van der Waals surface area contributed by atoms with E-state index in [0.29, 0.717) is 12.4 Å². The standard InChI is InChI=1S/C9H15N3O2S/c1-7(6-10)12-9-8(15(2,13)14)4-3-5-11-9/h3-5,7H,6,10H2,1-2H3,(H,11,12). The molecule has 0 saturated heterocycles. The molecule has 1 aromatic heterocycles. The number of sulfone groups is 1. The van der Waals surface area contributed by atoms with E-state index in [1.165, 1.54) is 6.07 Å². The van der Waals surface area contributed by atoms with Gasteiger partial charge in [0.15, 0.2) is 9.84 Å². The van der Waals surface area contributed by atoms with E-state index in [-0.39, 0.29) is 10.9 Å². The lowest BCUT2D eigenvalue weighted by molar-refractivity contribution is 0.601. The van der Waals surface area contributed by atoms with Crippen LogP contribution in [0.3, 0.4) is 0 Å². The summed E-state index contributed by atoms with van der Waals surface area (Å²) in [6.45, 7) is 2.28. The fourth-order valence-electron chi connectivity index (χ4n) is 1.09. The van der Waals surface area contributed by atoms with Gasteiger partial charge in [-0.05, 0) is 19.1 Å². The molecule has 3 N–H and O–H groups in total. The minimum absolute atomic E-state index is 0.0135. The molecule has 15 heavy (non-hydrogen) atoms. The Morgan fingerprint density at radius 3 is 2.80 bits per heavy atom. The fraction of sp³-hybridized carbons (Fsp3) is 0.444. The first-order valence-electron chi connectivity index (χ1n) is 4.57. The number of hydrogen-bond acceptors (Lipinski definition) is 5. The number of nitrogens with one attached hydrogen (secondary N) is 1. The van der Waals surface area contributed by atoms with Crippen molar-refractivity contribution in [3.63, 3.8) is 0 Å². The number of rotatable bonds is 4. The molecule has 0 fully saturated rings. The number of hydrogen-bond donors (Lipinski definition) is 2. The molecule has 1 unspecified atom stereocenters. The zero-order valence-electron chi connectivity index (χ0n) is 8.77. The highest BCUT2D eigenvalue weighted by Gasteiger charge is 2.14. The maximum atomic E-state index is 11.4. The molecule has 84 valence electrons. The van der Waals surface area contributed by atoms with E-state index in [2.05, 4.69) is 10.3 Å². The van der Waals surface area contributed by atoms with Gasteiger partial charge in [0.25, 0.3) is 0 Å². The molecule has 0 aliphatic heterocycles. The van der Waals surface area contributed by atoms with Crippen LogP contribution in [0.15, 0.2) is 23.2 Å². The summed E-state index contributed by atoms with van der Waals surface area (Å²) in [5.74, 6) is 0.359. The molecule has 1 heterocycles. The maximum Gasteiger partial charge on any atom is 0.179 e. The second-order valence-electron chi connectivity index (χ2n) is 3.40. The first-order valence-corrected chi connectivity index (χ1v) is 6.46. The maximum absolute atomic E-state index is 11.4. The summed E-state index contributed by atoms with van der Waals surface area (Å²) in [5, 5.41) is 2.95. The number of nitrogens with two attached hydrogens (primary N) is 1. The average molecular weight is 229 g/mol. The van der Waals surface area contributed by atoms with Crippen molar-refractivity contribution < 1.29 is 8.42 Å². The molecule has 0 aliphatic rings. The highest BCUT2D eigenvalue weighted by Crippen LogP contribution is 2.18. The lowest BCUT2D eigenvalue weighted by Gasteiger charge is -2.14. The van der Waals surface area contributed by atoms with Crippen molar-refractivity contribution in [1.82, 2.24) is 4.98 Å². The second kappa shape index (κ2) is 4.59. The zero-order valence-corrected chi connectivity index (χ0v) is 9.58. The topological polar surface area (TPSA) is 85.1 Å². The van der Waals surface area contributed by atoms with Crippen molar-refractivity contribution in [2.75, 3.05) is 18.1 Å². The molecule has 0 aromatic carbocycles. The first kappa shape index (κ1) is 11.9. The third kappa shape index (κ3) is 3.17. The summed E-state index contributed by atoms with van der Waals surface area (Å²) in [4.78, 5) is 4.19. The third-order valence-electron chi connectivity index (χ3n) is 1.91. The van der Waals surface area contributed by atoms with Crippen LogP contribution in [0, 0.1) is 0 Å². The molecule has 0 bridgehead atoms. The Kier molecular flexibility index (Phi) is 3.65. The highest BCUT2D eigenvalue weighted by molar-refractivity contribution is 7.90. The van der Waals surface area contributed by atoms with Crippen LogP contribution in [0.5, 0.6) is 0 Å². The highest BCUT2D eigenvalue weighted by atomic mass is 32.2. The van der Waals surface area contributed by atoms with Gasteiger partial charge in [0.05, 0.1) is 0 Å². The van der Waals surface area contributed by atoms with Gasteiger partial charge in [-0.2, -0.15) is 0 Å². The average Bonchev–Trinajstić information content (AvgIpc) is 2.17. The van der Waals surface area contributed by atoms with Crippen LogP contribution in [0.1, 0.15) is 6.92 Å². The summed E-state index contributed by atoms with van der Waals surface area (Å²) in [7, 11) is -3.25. The van der Waals surface area contributed by atoms with Crippen LogP contribution in [-0.2, 0) is 9.84 Å². The molecule has 0 radical (unpaired) electrons. The Hall–Kier alpha value is -1.14. The van der Waals surface area contributed by atoms with Gasteiger partial charge >= 0.3 is 0 Å². The van der Waals surface area contributed by atoms with Crippen LogP contribution < -0.4 is 11.1 Å². The normalized spacial score (nSPS) is 13.5. The van der Waals surface area contributed by atoms with Crippen molar-refractivity contribution in [2.24, 2.45) is 5.73 Å². The summed E-state index contributed by atoms with van der Waals surface area (Å²) < 4.78 is 22.8. The largest absolute Gasteiger partial charge is 0.365 e. The van der Waals surface area contributed by atoms with E-state index in [1.54, 1.807) is 12.3 Å². The molecule has 1 aromatic rings. The van der Waals surface area contributed by atoms with E-state index < -0.39 is 9.84 Å². The van der Waals surface area contributed by atoms with E-state index in [9.17, 15) is 8.42 Å². The summed E-state index contributed by atoms with van der Waals surface area (Å²) in [5.41, 5.74) is 5.44. The van der Waals surface area contributed by atoms with Gasteiger partial charge < -0.3 is 11.1 Å². The van der Waals surface area contributed by atoms with E-state index in [0.717, 1.165) is 6.26 Å². The summed E-state index contributed by atoms with van der Waals surface area (Å²) in [6, 6.07) is 3.10. The van der Waals surface area contributed by atoms with Crippen molar-refractivity contribution >= 4 is 15.7 Å². The minimum atomic E-state index is -3.25. The third-order valence-corrected chi connectivity index (χ3v) is 3.04. The predicted molar refractivity (Wildman–Crippen MR) is 59.5 cm³/mol. The monoisotopic (exact) mass is 229 g/mol. The number of anilines is 1. The molecule has 0 amide bonds. The smallest absolute Gasteiger partial charge is 0.179 e. The van der Waals surface area contributed by atoms with Gasteiger partial charge in [-0.1, -0.05) is 0 Å². The van der Waals surface area contributed by atoms with Crippen LogP contribution in [0.25, 0.3) is 0 Å². The molecule has 1 rings (SSSR count). The fourth-order valence-corrected chi connectivity index (χ4v) is 1.88. The van der Waals surface area contributed by atoms with Crippen molar-refractivity contribution in [3.8, 4) is 0 Å². The molecule has 0 spiro atoms. The summed E-state index contributed by atoms with van der Waals surface area (Å²) >= 11 is 0. The Labute approximate surface area is 89.6 Å². The molecule has 1 atom stereocenters. The Balaban J connectivity index is 3.08. The Morgan fingerprint density at radius 2 is 2.27 bits per heavy atom. The van der Waals surface area contributed by atoms with Gasteiger partial charge in [-0.25, -0.2) is 13.4 Å². The van der Waals surface area contributed by atoms with Crippen LogP contribution in [-0.4, -0.2) is 32.2 Å². The lowest BCUT2D eigenvalue weighted by Crippen LogP contribution is -2.26. The second-order valence-corrected chi connectivity index (χ2v) is 5.39. The van der Waals surface area contributed by atoms with Crippen molar-refractivity contribution in [3.05, 3.63) is 18.3 Å². The molecule has 5 nitrogen and oxygen atoms in total. The van der Waals surface area contributed by atoms with Crippen LogP contribution >= 0.6 is 0 Å². The van der Waals surface area contributed by atoms with Crippen molar-refractivity contribution in [2.45, 2.75) is 17.9 Å².